The van der Waals surface area contributed by atoms with Gasteiger partial charge in [-0.25, -0.2) is 12.8 Å². The molecule has 0 aliphatic heterocycles. The molecule has 0 aliphatic carbocycles. The number of sulfonamides is 1. The molecule has 1 atom stereocenters. The Bertz CT molecular complexity index is 1050. The Morgan fingerprint density at radius 3 is 2.11 bits per heavy atom. The van der Waals surface area contributed by atoms with Crippen LogP contribution in [0.25, 0.3) is 0 Å². The Balaban J connectivity index is 1.69. The fourth-order valence-corrected chi connectivity index (χ4v) is 3.68. The zero-order valence-electron chi connectivity index (χ0n) is 15.1. The van der Waals surface area contributed by atoms with Gasteiger partial charge in [0.2, 0.25) is 0 Å². The molecule has 0 aliphatic rings. The van der Waals surface area contributed by atoms with Crippen molar-refractivity contribution in [2.45, 2.75) is 17.9 Å². The second kappa shape index (κ2) is 8.22. The van der Waals surface area contributed by atoms with E-state index in [-0.39, 0.29) is 22.7 Å². The summed E-state index contributed by atoms with van der Waals surface area (Å²) in [5.41, 5.74) is 1.55. The van der Waals surface area contributed by atoms with E-state index in [1.165, 1.54) is 36.4 Å². The average molecular weight is 398 g/mol. The van der Waals surface area contributed by atoms with Gasteiger partial charge in [-0.15, -0.1) is 0 Å². The maximum absolute atomic E-state index is 13.0. The summed E-state index contributed by atoms with van der Waals surface area (Å²) in [6.45, 7) is 1.79. The molecule has 7 heteroatoms. The number of halogens is 1. The molecule has 0 radical (unpaired) electrons. The molecule has 3 aromatic carbocycles. The van der Waals surface area contributed by atoms with Gasteiger partial charge in [0, 0.05) is 11.3 Å². The third-order valence-electron chi connectivity index (χ3n) is 4.17. The molecule has 144 valence electrons. The summed E-state index contributed by atoms with van der Waals surface area (Å²) in [7, 11) is -3.74. The molecule has 3 rings (SSSR count). The summed E-state index contributed by atoms with van der Waals surface area (Å²) in [6, 6.07) is 19.7. The van der Waals surface area contributed by atoms with Crippen molar-refractivity contribution < 1.29 is 17.6 Å². The first-order valence-corrected chi connectivity index (χ1v) is 10.1. The highest BCUT2D eigenvalue weighted by atomic mass is 32.2. The summed E-state index contributed by atoms with van der Waals surface area (Å²) < 4.78 is 40.4. The number of hydrogen-bond acceptors (Lipinski definition) is 3. The SMILES string of the molecule is C[C@H](NC(=O)c1ccc(S(=O)(=O)Nc2ccccc2)cc1)c1ccc(F)cc1. The van der Waals surface area contributed by atoms with Crippen LogP contribution in [0.4, 0.5) is 10.1 Å². The van der Waals surface area contributed by atoms with Gasteiger partial charge in [0.05, 0.1) is 10.9 Å². The first-order valence-electron chi connectivity index (χ1n) is 8.59. The third kappa shape index (κ3) is 4.75. The van der Waals surface area contributed by atoms with E-state index in [1.54, 1.807) is 49.4 Å². The minimum absolute atomic E-state index is 0.0551. The van der Waals surface area contributed by atoms with Crippen LogP contribution in [0.2, 0.25) is 0 Å². The van der Waals surface area contributed by atoms with Gasteiger partial charge >= 0.3 is 0 Å². The van der Waals surface area contributed by atoms with Gasteiger partial charge in [-0.3, -0.25) is 9.52 Å². The van der Waals surface area contributed by atoms with E-state index in [1.807, 2.05) is 0 Å². The number of amides is 1. The van der Waals surface area contributed by atoms with Gasteiger partial charge in [-0.1, -0.05) is 30.3 Å². The summed E-state index contributed by atoms with van der Waals surface area (Å²) in [4.78, 5) is 12.5. The number of para-hydroxylation sites is 1. The maximum Gasteiger partial charge on any atom is 0.261 e. The van der Waals surface area contributed by atoms with Crippen molar-refractivity contribution in [3.63, 3.8) is 0 Å². The van der Waals surface area contributed by atoms with Crippen molar-refractivity contribution in [3.05, 3.63) is 95.8 Å². The first-order chi connectivity index (χ1) is 13.3. The van der Waals surface area contributed by atoms with Crippen LogP contribution in [0.1, 0.15) is 28.9 Å². The molecule has 0 saturated carbocycles. The second-order valence-electron chi connectivity index (χ2n) is 6.24. The zero-order chi connectivity index (χ0) is 20.1. The van der Waals surface area contributed by atoms with Gasteiger partial charge in [-0.05, 0) is 61.0 Å². The first kappa shape index (κ1) is 19.6. The van der Waals surface area contributed by atoms with E-state index in [2.05, 4.69) is 10.0 Å². The van der Waals surface area contributed by atoms with Crippen LogP contribution in [-0.4, -0.2) is 14.3 Å². The lowest BCUT2D eigenvalue weighted by molar-refractivity contribution is 0.0940. The molecule has 0 saturated heterocycles. The van der Waals surface area contributed by atoms with E-state index in [0.29, 0.717) is 11.3 Å². The largest absolute Gasteiger partial charge is 0.346 e. The summed E-state index contributed by atoms with van der Waals surface area (Å²) in [5.74, 6) is -0.694. The van der Waals surface area contributed by atoms with E-state index >= 15 is 0 Å². The predicted molar refractivity (Wildman–Crippen MR) is 106 cm³/mol. The molecule has 5 nitrogen and oxygen atoms in total. The molecule has 0 aromatic heterocycles. The van der Waals surface area contributed by atoms with E-state index < -0.39 is 10.0 Å². The van der Waals surface area contributed by atoms with Crippen LogP contribution in [0.15, 0.2) is 83.8 Å². The standard InChI is InChI=1S/C21H19FN2O3S/c1-15(16-7-11-18(22)12-8-16)23-21(25)17-9-13-20(14-10-17)28(26,27)24-19-5-3-2-4-6-19/h2-15,24H,1H3,(H,23,25)/t15-/m0/s1. The van der Waals surface area contributed by atoms with Gasteiger partial charge in [0.25, 0.3) is 15.9 Å². The van der Waals surface area contributed by atoms with Crippen LogP contribution in [0.5, 0.6) is 0 Å². The number of carbonyl (C=O) groups is 1. The minimum atomic E-state index is -3.74. The highest BCUT2D eigenvalue weighted by Crippen LogP contribution is 2.18. The molecule has 1 amide bonds. The lowest BCUT2D eigenvalue weighted by Gasteiger charge is -2.14. The highest BCUT2D eigenvalue weighted by molar-refractivity contribution is 7.92. The van der Waals surface area contributed by atoms with Crippen molar-refractivity contribution in [2.24, 2.45) is 0 Å². The van der Waals surface area contributed by atoms with Crippen LogP contribution < -0.4 is 10.0 Å². The number of hydrogen-bond donors (Lipinski definition) is 2. The van der Waals surface area contributed by atoms with Crippen molar-refractivity contribution in [2.75, 3.05) is 4.72 Å². The summed E-state index contributed by atoms with van der Waals surface area (Å²) in [6.07, 6.45) is 0. The Hall–Kier alpha value is -3.19. The van der Waals surface area contributed by atoms with Crippen LogP contribution in [0.3, 0.4) is 0 Å². The van der Waals surface area contributed by atoms with Gasteiger partial charge in [0.1, 0.15) is 5.82 Å². The van der Waals surface area contributed by atoms with E-state index in [4.69, 9.17) is 0 Å². The molecule has 0 fully saturated rings. The number of anilines is 1. The van der Waals surface area contributed by atoms with E-state index in [0.717, 1.165) is 5.56 Å². The van der Waals surface area contributed by atoms with Crippen molar-refractivity contribution >= 4 is 21.6 Å². The lowest BCUT2D eigenvalue weighted by Crippen LogP contribution is -2.26. The topological polar surface area (TPSA) is 75.3 Å². The number of nitrogens with one attached hydrogen (secondary N) is 2. The normalized spacial score (nSPS) is 12.2. The fraction of sp³-hybridized carbons (Fsp3) is 0.0952. The monoisotopic (exact) mass is 398 g/mol. The van der Waals surface area contributed by atoms with Crippen LogP contribution in [0, 0.1) is 5.82 Å². The van der Waals surface area contributed by atoms with Crippen LogP contribution >= 0.6 is 0 Å². The molecule has 28 heavy (non-hydrogen) atoms. The van der Waals surface area contributed by atoms with Crippen molar-refractivity contribution in [1.29, 1.82) is 0 Å². The van der Waals surface area contributed by atoms with Crippen molar-refractivity contribution in [1.82, 2.24) is 5.32 Å². The van der Waals surface area contributed by atoms with E-state index in [9.17, 15) is 17.6 Å². The molecule has 0 spiro atoms. The smallest absolute Gasteiger partial charge is 0.261 e. The molecule has 2 N–H and O–H groups in total. The predicted octanol–water partition coefficient (Wildman–Crippen LogP) is 4.12. The number of rotatable bonds is 6. The number of carbonyl (C=O) groups excluding carboxylic acids is 1. The molecular weight excluding hydrogens is 379 g/mol. The quantitative estimate of drug-likeness (QED) is 0.656. The lowest BCUT2D eigenvalue weighted by atomic mass is 10.1. The summed E-state index contributed by atoms with van der Waals surface area (Å²) in [5, 5.41) is 2.80. The second-order valence-corrected chi connectivity index (χ2v) is 7.93. The zero-order valence-corrected chi connectivity index (χ0v) is 15.9. The molecule has 3 aromatic rings. The number of benzene rings is 3. The van der Waals surface area contributed by atoms with Gasteiger partial charge in [-0.2, -0.15) is 0 Å². The molecule has 0 heterocycles. The van der Waals surface area contributed by atoms with Gasteiger partial charge < -0.3 is 5.32 Å². The van der Waals surface area contributed by atoms with Crippen LogP contribution in [-0.2, 0) is 10.0 Å². The molecule has 0 unspecified atom stereocenters. The maximum atomic E-state index is 13.0. The molecule has 0 bridgehead atoms. The van der Waals surface area contributed by atoms with Crippen molar-refractivity contribution in [3.8, 4) is 0 Å². The summed E-state index contributed by atoms with van der Waals surface area (Å²) >= 11 is 0. The van der Waals surface area contributed by atoms with Gasteiger partial charge in [0.15, 0.2) is 0 Å². The minimum Gasteiger partial charge on any atom is -0.346 e. The average Bonchev–Trinajstić information content (AvgIpc) is 2.69. The third-order valence-corrected chi connectivity index (χ3v) is 5.57. The Morgan fingerprint density at radius 1 is 0.893 bits per heavy atom. The highest BCUT2D eigenvalue weighted by Gasteiger charge is 2.16. The Kier molecular flexibility index (Phi) is 5.75. The Labute approximate surface area is 163 Å². The Morgan fingerprint density at radius 2 is 1.50 bits per heavy atom. The fourth-order valence-electron chi connectivity index (χ4n) is 2.62. The molecular formula is C21H19FN2O3S.